The van der Waals surface area contributed by atoms with E-state index in [1.54, 1.807) is 17.0 Å². The number of rotatable bonds is 4. The number of benzene rings is 1. The van der Waals surface area contributed by atoms with Gasteiger partial charge in [0.1, 0.15) is 6.04 Å². The van der Waals surface area contributed by atoms with Gasteiger partial charge in [-0.1, -0.05) is 6.07 Å². The minimum atomic E-state index is -0.488. The third-order valence-electron chi connectivity index (χ3n) is 5.29. The van der Waals surface area contributed by atoms with Crippen molar-refractivity contribution in [3.8, 4) is 0 Å². The molecule has 1 aromatic heterocycles. The van der Waals surface area contributed by atoms with Crippen LogP contribution in [0.2, 0.25) is 0 Å². The van der Waals surface area contributed by atoms with Crippen molar-refractivity contribution in [3.05, 3.63) is 48.4 Å². The summed E-state index contributed by atoms with van der Waals surface area (Å²) in [6.45, 7) is 3.66. The fourth-order valence-corrected chi connectivity index (χ4v) is 3.82. The highest BCUT2D eigenvalue weighted by Crippen LogP contribution is 2.24. The average Bonchev–Trinajstić information content (AvgIpc) is 3.29. The van der Waals surface area contributed by atoms with Crippen LogP contribution in [0.25, 0.3) is 0 Å². The number of likely N-dealkylation sites (tertiary alicyclic amines) is 1. The summed E-state index contributed by atoms with van der Waals surface area (Å²) in [7, 11) is 0. The summed E-state index contributed by atoms with van der Waals surface area (Å²) in [5.74, 6) is -0.111. The number of carbonyl (C=O) groups is 2. The number of hydrogen-bond donors (Lipinski definition) is 1. The van der Waals surface area contributed by atoms with Crippen LogP contribution in [0, 0.1) is 0 Å². The molecule has 2 amide bonds. The zero-order chi connectivity index (χ0) is 19.3. The standard InChI is InChI=1S/C21H25N3O4/c25-20(18-7-1-2-9-24(18)21(26)19-8-4-12-28-19)22-16-5-3-6-17(15-16)23-10-13-27-14-11-23/h3-6,8,12,15,18H,1-2,7,9-11,13-14H2,(H,22,25). The molecule has 7 nitrogen and oxygen atoms in total. The Morgan fingerprint density at radius 3 is 2.68 bits per heavy atom. The fraction of sp³-hybridized carbons (Fsp3) is 0.429. The van der Waals surface area contributed by atoms with E-state index in [4.69, 9.17) is 9.15 Å². The van der Waals surface area contributed by atoms with E-state index in [9.17, 15) is 9.59 Å². The van der Waals surface area contributed by atoms with Crippen LogP contribution in [0.4, 0.5) is 11.4 Å². The molecule has 148 valence electrons. The molecule has 4 rings (SSSR count). The van der Waals surface area contributed by atoms with Gasteiger partial charge in [0.2, 0.25) is 5.91 Å². The summed E-state index contributed by atoms with van der Waals surface area (Å²) in [5, 5.41) is 3.00. The first kappa shape index (κ1) is 18.6. The second kappa shape index (κ2) is 8.48. The molecule has 0 saturated carbocycles. The fourth-order valence-electron chi connectivity index (χ4n) is 3.82. The number of piperidine rings is 1. The largest absolute Gasteiger partial charge is 0.459 e. The minimum absolute atomic E-state index is 0.154. The van der Waals surface area contributed by atoms with Gasteiger partial charge in [-0.25, -0.2) is 0 Å². The van der Waals surface area contributed by atoms with Gasteiger partial charge in [0.05, 0.1) is 19.5 Å². The molecule has 3 heterocycles. The number of morpholine rings is 1. The molecule has 2 saturated heterocycles. The lowest BCUT2D eigenvalue weighted by Crippen LogP contribution is -2.49. The molecule has 0 radical (unpaired) electrons. The first-order valence-corrected chi connectivity index (χ1v) is 9.80. The predicted molar refractivity (Wildman–Crippen MR) is 105 cm³/mol. The first-order chi connectivity index (χ1) is 13.7. The predicted octanol–water partition coefficient (Wildman–Crippen LogP) is 2.75. The van der Waals surface area contributed by atoms with E-state index in [1.807, 2.05) is 24.3 Å². The van der Waals surface area contributed by atoms with E-state index in [-0.39, 0.29) is 17.6 Å². The maximum atomic E-state index is 13.0. The number of nitrogens with zero attached hydrogens (tertiary/aromatic N) is 2. The number of hydrogen-bond acceptors (Lipinski definition) is 5. The Kier molecular flexibility index (Phi) is 5.62. The van der Waals surface area contributed by atoms with Gasteiger partial charge in [-0.2, -0.15) is 0 Å². The number of anilines is 2. The van der Waals surface area contributed by atoms with Gasteiger partial charge in [0.15, 0.2) is 5.76 Å². The van der Waals surface area contributed by atoms with Crippen molar-refractivity contribution in [2.24, 2.45) is 0 Å². The normalized spacial score (nSPS) is 20.1. The lowest BCUT2D eigenvalue weighted by atomic mass is 10.0. The average molecular weight is 383 g/mol. The Bertz CT molecular complexity index is 815. The second-order valence-corrected chi connectivity index (χ2v) is 7.13. The van der Waals surface area contributed by atoms with Crippen LogP contribution in [0.1, 0.15) is 29.8 Å². The second-order valence-electron chi connectivity index (χ2n) is 7.13. The quantitative estimate of drug-likeness (QED) is 0.879. The molecule has 1 unspecified atom stereocenters. The maximum absolute atomic E-state index is 13.0. The zero-order valence-corrected chi connectivity index (χ0v) is 15.8. The summed E-state index contributed by atoms with van der Waals surface area (Å²) in [6.07, 6.45) is 3.95. The third kappa shape index (κ3) is 4.04. The Hall–Kier alpha value is -2.80. The van der Waals surface area contributed by atoms with Gasteiger partial charge in [-0.05, 0) is 49.6 Å². The van der Waals surface area contributed by atoms with Crippen LogP contribution in [0.3, 0.4) is 0 Å². The van der Waals surface area contributed by atoms with Gasteiger partial charge in [0.25, 0.3) is 5.91 Å². The molecule has 1 N–H and O–H groups in total. The van der Waals surface area contributed by atoms with E-state index < -0.39 is 6.04 Å². The van der Waals surface area contributed by atoms with Crippen LogP contribution >= 0.6 is 0 Å². The molecule has 0 spiro atoms. The first-order valence-electron chi connectivity index (χ1n) is 9.80. The number of furan rings is 1. The summed E-state index contributed by atoms with van der Waals surface area (Å²) in [4.78, 5) is 29.6. The van der Waals surface area contributed by atoms with Gasteiger partial charge < -0.3 is 24.3 Å². The lowest BCUT2D eigenvalue weighted by molar-refractivity contribution is -0.121. The van der Waals surface area contributed by atoms with Gasteiger partial charge in [-0.15, -0.1) is 0 Å². The van der Waals surface area contributed by atoms with Crippen molar-refractivity contribution in [3.63, 3.8) is 0 Å². The lowest BCUT2D eigenvalue weighted by Gasteiger charge is -2.34. The van der Waals surface area contributed by atoms with Crippen molar-refractivity contribution in [2.75, 3.05) is 43.1 Å². The molecular weight excluding hydrogens is 358 g/mol. The van der Waals surface area contributed by atoms with Crippen LogP contribution in [0.5, 0.6) is 0 Å². The summed E-state index contributed by atoms with van der Waals surface area (Å²) < 4.78 is 10.6. The number of ether oxygens (including phenoxy) is 1. The number of carbonyl (C=O) groups excluding carboxylic acids is 2. The SMILES string of the molecule is O=C(Nc1cccc(N2CCOCC2)c1)C1CCCCN1C(=O)c1ccco1. The minimum Gasteiger partial charge on any atom is -0.459 e. The molecule has 7 heteroatoms. The van der Waals surface area contributed by atoms with Crippen LogP contribution in [-0.4, -0.2) is 55.6 Å². The van der Waals surface area contributed by atoms with E-state index in [0.717, 1.165) is 37.3 Å². The Morgan fingerprint density at radius 2 is 1.89 bits per heavy atom. The van der Waals surface area contributed by atoms with Crippen LogP contribution in [-0.2, 0) is 9.53 Å². The van der Waals surface area contributed by atoms with E-state index in [0.29, 0.717) is 26.2 Å². The zero-order valence-electron chi connectivity index (χ0n) is 15.8. The molecule has 28 heavy (non-hydrogen) atoms. The van der Waals surface area contributed by atoms with Crippen molar-refractivity contribution in [1.29, 1.82) is 0 Å². The highest BCUT2D eigenvalue weighted by atomic mass is 16.5. The summed E-state index contributed by atoms with van der Waals surface area (Å²) in [5.41, 5.74) is 1.80. The molecule has 0 aliphatic carbocycles. The summed E-state index contributed by atoms with van der Waals surface area (Å²) in [6, 6.07) is 10.7. The molecule has 2 aromatic rings. The molecule has 1 atom stereocenters. The number of amides is 2. The Labute approximate surface area is 164 Å². The van der Waals surface area contributed by atoms with Crippen molar-refractivity contribution >= 4 is 23.2 Å². The number of nitrogens with one attached hydrogen (secondary N) is 1. The van der Waals surface area contributed by atoms with Gasteiger partial charge >= 0.3 is 0 Å². The monoisotopic (exact) mass is 383 g/mol. The van der Waals surface area contributed by atoms with Gasteiger partial charge in [-0.3, -0.25) is 9.59 Å². The van der Waals surface area contributed by atoms with Gasteiger partial charge in [0, 0.05) is 31.0 Å². The molecule has 0 bridgehead atoms. The van der Waals surface area contributed by atoms with Crippen molar-refractivity contribution in [1.82, 2.24) is 4.90 Å². The Morgan fingerprint density at radius 1 is 1.04 bits per heavy atom. The van der Waals surface area contributed by atoms with E-state index >= 15 is 0 Å². The molecule has 1 aromatic carbocycles. The highest BCUT2D eigenvalue weighted by Gasteiger charge is 2.33. The van der Waals surface area contributed by atoms with Crippen LogP contribution in [0.15, 0.2) is 47.1 Å². The highest BCUT2D eigenvalue weighted by molar-refractivity contribution is 6.00. The van der Waals surface area contributed by atoms with E-state index in [2.05, 4.69) is 10.2 Å². The van der Waals surface area contributed by atoms with Crippen molar-refractivity contribution < 1.29 is 18.7 Å². The third-order valence-corrected chi connectivity index (χ3v) is 5.29. The smallest absolute Gasteiger partial charge is 0.290 e. The molecule has 2 fully saturated rings. The van der Waals surface area contributed by atoms with E-state index in [1.165, 1.54) is 6.26 Å². The Balaban J connectivity index is 1.46. The molecular formula is C21H25N3O4. The topological polar surface area (TPSA) is 75.0 Å². The van der Waals surface area contributed by atoms with Crippen LogP contribution < -0.4 is 10.2 Å². The maximum Gasteiger partial charge on any atom is 0.290 e. The van der Waals surface area contributed by atoms with Crippen molar-refractivity contribution in [2.45, 2.75) is 25.3 Å². The molecule has 2 aliphatic rings. The molecule has 2 aliphatic heterocycles. The summed E-state index contributed by atoms with van der Waals surface area (Å²) >= 11 is 0.